The molecule has 0 saturated carbocycles. The number of amides is 2. The van der Waals surface area contributed by atoms with Crippen LogP contribution in [0.5, 0.6) is 11.5 Å². The maximum absolute atomic E-state index is 11.5. The van der Waals surface area contributed by atoms with Gasteiger partial charge in [0.2, 0.25) is 0 Å². The van der Waals surface area contributed by atoms with Gasteiger partial charge in [-0.15, -0.1) is 0 Å². The molecule has 0 radical (unpaired) electrons. The van der Waals surface area contributed by atoms with E-state index >= 15 is 0 Å². The quantitative estimate of drug-likeness (QED) is 0.501. The molecule has 0 unspecified atom stereocenters. The highest BCUT2D eigenvalue weighted by molar-refractivity contribution is 5.73. The third kappa shape index (κ3) is 6.64. The molecule has 0 aromatic heterocycles. The first-order valence-electron chi connectivity index (χ1n) is 7.00. The van der Waals surface area contributed by atoms with Crippen molar-refractivity contribution < 1.29 is 23.7 Å². The zero-order valence-corrected chi connectivity index (χ0v) is 13.3. The number of urea groups is 1. The Labute approximate surface area is 130 Å². The molecule has 1 aromatic rings. The molecule has 7 nitrogen and oxygen atoms in total. The number of ether oxygens (including phenoxy) is 4. The smallest absolute Gasteiger partial charge is 0.316 e. The van der Waals surface area contributed by atoms with Crippen molar-refractivity contribution in [2.24, 2.45) is 0 Å². The number of carbonyl (C=O) groups excluding carboxylic acids is 1. The molecule has 0 atom stereocenters. The van der Waals surface area contributed by atoms with Crippen molar-refractivity contribution in [3.63, 3.8) is 0 Å². The van der Waals surface area contributed by atoms with Gasteiger partial charge < -0.3 is 29.6 Å². The molecule has 0 fully saturated rings. The summed E-state index contributed by atoms with van der Waals surface area (Å²) in [4.78, 5) is 11.5. The van der Waals surface area contributed by atoms with Gasteiger partial charge in [0, 0.05) is 13.7 Å². The van der Waals surface area contributed by atoms with Gasteiger partial charge >= 0.3 is 6.03 Å². The number of methoxy groups -OCH3 is 3. The molecule has 2 amide bonds. The van der Waals surface area contributed by atoms with Gasteiger partial charge in [-0.05, 0) is 24.1 Å². The van der Waals surface area contributed by atoms with E-state index in [0.717, 1.165) is 5.56 Å². The van der Waals surface area contributed by atoms with Gasteiger partial charge in [0.05, 0.1) is 27.4 Å². The number of nitrogens with one attached hydrogen (secondary N) is 2. The number of carbonyl (C=O) groups is 1. The summed E-state index contributed by atoms with van der Waals surface area (Å²) in [6, 6.07) is 5.41. The normalized spacial score (nSPS) is 10.1. The second-order valence-electron chi connectivity index (χ2n) is 4.42. The standard InChI is InChI=1S/C15H24N2O5/c1-19-8-9-22-11-17-15(18)16-7-6-12-4-5-13(20-2)14(10-12)21-3/h4-5,10H,6-9,11H2,1-3H3,(H2,16,17,18). The topological polar surface area (TPSA) is 78.1 Å². The third-order valence-corrected chi connectivity index (χ3v) is 2.91. The first-order valence-corrected chi connectivity index (χ1v) is 7.00. The van der Waals surface area contributed by atoms with Crippen LogP contribution < -0.4 is 20.1 Å². The Morgan fingerprint density at radius 3 is 2.50 bits per heavy atom. The van der Waals surface area contributed by atoms with Crippen LogP contribution in [0.1, 0.15) is 5.56 Å². The lowest BCUT2D eigenvalue weighted by atomic mass is 10.1. The summed E-state index contributed by atoms with van der Waals surface area (Å²) in [5, 5.41) is 5.35. The van der Waals surface area contributed by atoms with Crippen LogP contribution in [-0.2, 0) is 15.9 Å². The Hall–Kier alpha value is -1.99. The van der Waals surface area contributed by atoms with Crippen LogP contribution in [0.3, 0.4) is 0 Å². The number of hydrogen-bond acceptors (Lipinski definition) is 5. The minimum atomic E-state index is -0.266. The largest absolute Gasteiger partial charge is 0.493 e. The molecule has 1 aromatic carbocycles. The third-order valence-electron chi connectivity index (χ3n) is 2.91. The summed E-state index contributed by atoms with van der Waals surface area (Å²) in [6.07, 6.45) is 0.693. The van der Waals surface area contributed by atoms with Gasteiger partial charge in [0.1, 0.15) is 6.73 Å². The van der Waals surface area contributed by atoms with E-state index in [1.54, 1.807) is 21.3 Å². The van der Waals surface area contributed by atoms with Crippen molar-refractivity contribution in [1.82, 2.24) is 10.6 Å². The van der Waals surface area contributed by atoms with Gasteiger partial charge in [0.25, 0.3) is 0 Å². The summed E-state index contributed by atoms with van der Waals surface area (Å²) in [5.74, 6) is 1.36. The second kappa shape index (κ2) is 10.7. The highest BCUT2D eigenvalue weighted by Gasteiger charge is 2.05. The van der Waals surface area contributed by atoms with E-state index in [-0.39, 0.29) is 12.8 Å². The summed E-state index contributed by atoms with van der Waals surface area (Å²) < 4.78 is 20.4. The SMILES string of the molecule is COCCOCNC(=O)NCCc1ccc(OC)c(OC)c1. The molecule has 0 aliphatic carbocycles. The van der Waals surface area contributed by atoms with Crippen molar-refractivity contribution in [2.75, 3.05) is 47.8 Å². The first-order chi connectivity index (χ1) is 10.7. The van der Waals surface area contributed by atoms with Crippen LogP contribution in [0.25, 0.3) is 0 Å². The van der Waals surface area contributed by atoms with Crippen LogP contribution >= 0.6 is 0 Å². The summed E-state index contributed by atoms with van der Waals surface area (Å²) in [6.45, 7) is 1.62. The fraction of sp³-hybridized carbons (Fsp3) is 0.533. The van der Waals surface area contributed by atoms with Crippen LogP contribution in [-0.4, -0.2) is 53.8 Å². The molecule has 0 aliphatic rings. The zero-order chi connectivity index (χ0) is 16.2. The maximum Gasteiger partial charge on any atom is 0.316 e. The maximum atomic E-state index is 11.5. The van der Waals surface area contributed by atoms with Crippen LogP contribution in [0.15, 0.2) is 18.2 Å². The van der Waals surface area contributed by atoms with Crippen LogP contribution in [0, 0.1) is 0 Å². The molecule has 0 spiro atoms. The van der Waals surface area contributed by atoms with Gasteiger partial charge in [-0.2, -0.15) is 0 Å². The second-order valence-corrected chi connectivity index (χ2v) is 4.42. The highest BCUT2D eigenvalue weighted by Crippen LogP contribution is 2.27. The van der Waals surface area contributed by atoms with E-state index in [2.05, 4.69) is 10.6 Å². The van der Waals surface area contributed by atoms with Gasteiger partial charge in [0.15, 0.2) is 11.5 Å². The monoisotopic (exact) mass is 312 g/mol. The predicted octanol–water partition coefficient (Wildman–Crippen LogP) is 1.17. The van der Waals surface area contributed by atoms with E-state index in [4.69, 9.17) is 18.9 Å². The Bertz CT molecular complexity index is 454. The molecular formula is C15H24N2O5. The molecule has 0 bridgehead atoms. The fourth-order valence-electron chi connectivity index (χ4n) is 1.75. The van der Waals surface area contributed by atoms with E-state index in [1.807, 2.05) is 18.2 Å². The van der Waals surface area contributed by atoms with Gasteiger partial charge in [-0.1, -0.05) is 6.07 Å². The molecule has 7 heteroatoms. The first kappa shape index (κ1) is 18.1. The van der Waals surface area contributed by atoms with Crippen LogP contribution in [0.2, 0.25) is 0 Å². The number of rotatable bonds is 10. The summed E-state index contributed by atoms with van der Waals surface area (Å²) in [7, 11) is 4.78. The van der Waals surface area contributed by atoms with Crippen molar-refractivity contribution in [3.8, 4) is 11.5 Å². The highest BCUT2D eigenvalue weighted by atomic mass is 16.5. The van der Waals surface area contributed by atoms with E-state index in [9.17, 15) is 4.79 Å². The molecule has 1 rings (SSSR count). The Morgan fingerprint density at radius 1 is 1.05 bits per heavy atom. The van der Waals surface area contributed by atoms with Crippen molar-refractivity contribution in [2.45, 2.75) is 6.42 Å². The van der Waals surface area contributed by atoms with Crippen molar-refractivity contribution in [3.05, 3.63) is 23.8 Å². The number of benzene rings is 1. The van der Waals surface area contributed by atoms with E-state index in [0.29, 0.717) is 37.7 Å². The lowest BCUT2D eigenvalue weighted by molar-refractivity contribution is 0.0643. The van der Waals surface area contributed by atoms with Crippen molar-refractivity contribution in [1.29, 1.82) is 0 Å². The van der Waals surface area contributed by atoms with E-state index < -0.39 is 0 Å². The molecule has 0 saturated heterocycles. The predicted molar refractivity (Wildman–Crippen MR) is 82.5 cm³/mol. The average molecular weight is 312 g/mol. The molecular weight excluding hydrogens is 288 g/mol. The summed E-state index contributed by atoms with van der Waals surface area (Å²) >= 11 is 0. The van der Waals surface area contributed by atoms with E-state index in [1.165, 1.54) is 0 Å². The lowest BCUT2D eigenvalue weighted by Gasteiger charge is -2.10. The fourth-order valence-corrected chi connectivity index (χ4v) is 1.75. The van der Waals surface area contributed by atoms with Crippen LogP contribution in [0.4, 0.5) is 4.79 Å². The molecule has 0 heterocycles. The molecule has 22 heavy (non-hydrogen) atoms. The molecule has 0 aliphatic heterocycles. The summed E-state index contributed by atoms with van der Waals surface area (Å²) in [5.41, 5.74) is 1.05. The molecule has 2 N–H and O–H groups in total. The van der Waals surface area contributed by atoms with Gasteiger partial charge in [-0.25, -0.2) is 4.79 Å². The minimum absolute atomic E-state index is 0.158. The Morgan fingerprint density at radius 2 is 1.82 bits per heavy atom. The zero-order valence-electron chi connectivity index (χ0n) is 13.3. The Kier molecular flexibility index (Phi) is 8.78. The van der Waals surface area contributed by atoms with Crippen molar-refractivity contribution >= 4 is 6.03 Å². The number of hydrogen-bond donors (Lipinski definition) is 2. The minimum Gasteiger partial charge on any atom is -0.493 e. The lowest BCUT2D eigenvalue weighted by Crippen LogP contribution is -2.38. The Balaban J connectivity index is 2.24. The molecule has 124 valence electrons. The average Bonchev–Trinajstić information content (AvgIpc) is 2.54. The van der Waals surface area contributed by atoms with Gasteiger partial charge in [-0.3, -0.25) is 0 Å².